The van der Waals surface area contributed by atoms with Crippen LogP contribution in [0.4, 0.5) is 10.1 Å². The molecule has 0 aliphatic heterocycles. The molecule has 0 aliphatic carbocycles. The maximum atomic E-state index is 13.1. The third-order valence-electron chi connectivity index (χ3n) is 3.80. The highest BCUT2D eigenvalue weighted by atomic mass is 32.2. The van der Waals surface area contributed by atoms with E-state index >= 15 is 0 Å². The molecule has 0 aliphatic rings. The average molecular weight is 424 g/mol. The number of likely N-dealkylation sites (N-methyl/N-ethyl adjacent to an activating group) is 1. The molecule has 0 saturated carbocycles. The van der Waals surface area contributed by atoms with E-state index in [4.69, 9.17) is 4.52 Å². The standard InChI is InChI=1S/C17H17FN4O4S2/c1-21(10-15-19-17(20-26-15)14-4-3-9-27-14)16(23)11-22(28(2,24)25)13-7-5-12(18)6-8-13/h3-9H,10-11H2,1-2H3. The number of rotatable bonds is 7. The van der Waals surface area contributed by atoms with Crippen LogP contribution in [0.25, 0.3) is 10.7 Å². The van der Waals surface area contributed by atoms with Crippen molar-refractivity contribution in [2.24, 2.45) is 0 Å². The van der Waals surface area contributed by atoms with E-state index in [0.29, 0.717) is 5.82 Å². The molecule has 148 valence electrons. The molecule has 0 bridgehead atoms. The quantitative estimate of drug-likeness (QED) is 0.578. The number of benzene rings is 1. The summed E-state index contributed by atoms with van der Waals surface area (Å²) in [5.41, 5.74) is 0.198. The van der Waals surface area contributed by atoms with Crippen LogP contribution in [0.1, 0.15) is 5.89 Å². The Morgan fingerprint density at radius 1 is 1.25 bits per heavy atom. The molecule has 1 amide bonds. The van der Waals surface area contributed by atoms with Crippen molar-refractivity contribution in [3.05, 3.63) is 53.5 Å². The fourth-order valence-corrected chi connectivity index (χ4v) is 3.87. The van der Waals surface area contributed by atoms with Gasteiger partial charge >= 0.3 is 0 Å². The summed E-state index contributed by atoms with van der Waals surface area (Å²) in [4.78, 5) is 18.9. The number of sulfonamides is 1. The van der Waals surface area contributed by atoms with Gasteiger partial charge in [-0.1, -0.05) is 11.2 Å². The molecule has 0 N–H and O–H groups in total. The minimum atomic E-state index is -3.74. The summed E-state index contributed by atoms with van der Waals surface area (Å²) < 4.78 is 43.4. The molecular formula is C17H17FN4O4S2. The highest BCUT2D eigenvalue weighted by Gasteiger charge is 2.24. The SMILES string of the molecule is CN(Cc1nc(-c2cccs2)no1)C(=O)CN(c1ccc(F)cc1)S(C)(=O)=O. The molecule has 0 unspecified atom stereocenters. The van der Waals surface area contributed by atoms with Crippen LogP contribution in [0, 0.1) is 5.82 Å². The Morgan fingerprint density at radius 3 is 2.57 bits per heavy atom. The lowest BCUT2D eigenvalue weighted by Gasteiger charge is -2.24. The van der Waals surface area contributed by atoms with Crippen molar-refractivity contribution in [3.63, 3.8) is 0 Å². The number of carbonyl (C=O) groups is 1. The van der Waals surface area contributed by atoms with Crippen molar-refractivity contribution < 1.29 is 22.1 Å². The number of nitrogens with zero attached hydrogens (tertiary/aromatic N) is 4. The molecule has 2 aromatic heterocycles. The van der Waals surface area contributed by atoms with Crippen LogP contribution >= 0.6 is 11.3 Å². The Bertz CT molecular complexity index is 1050. The number of halogens is 1. The van der Waals surface area contributed by atoms with Crippen LogP contribution in [0.5, 0.6) is 0 Å². The molecule has 11 heteroatoms. The smallest absolute Gasteiger partial charge is 0.246 e. The van der Waals surface area contributed by atoms with Crippen molar-refractivity contribution in [1.29, 1.82) is 0 Å². The van der Waals surface area contributed by atoms with E-state index in [-0.39, 0.29) is 18.1 Å². The lowest BCUT2D eigenvalue weighted by Crippen LogP contribution is -2.41. The first-order valence-electron chi connectivity index (χ1n) is 8.08. The van der Waals surface area contributed by atoms with E-state index in [1.165, 1.54) is 35.4 Å². The van der Waals surface area contributed by atoms with Gasteiger partial charge in [-0.05, 0) is 35.7 Å². The van der Waals surface area contributed by atoms with Gasteiger partial charge in [0.15, 0.2) is 0 Å². The van der Waals surface area contributed by atoms with Gasteiger partial charge in [-0.3, -0.25) is 9.10 Å². The largest absolute Gasteiger partial charge is 0.337 e. The fourth-order valence-electron chi connectivity index (χ4n) is 2.37. The average Bonchev–Trinajstić information content (AvgIpc) is 3.30. The Kier molecular flexibility index (Phi) is 5.75. The monoisotopic (exact) mass is 424 g/mol. The third kappa shape index (κ3) is 4.73. The van der Waals surface area contributed by atoms with Crippen LogP contribution < -0.4 is 4.31 Å². The first-order valence-corrected chi connectivity index (χ1v) is 10.8. The van der Waals surface area contributed by atoms with Crippen LogP contribution in [0.3, 0.4) is 0 Å². The summed E-state index contributed by atoms with van der Waals surface area (Å²) in [7, 11) is -2.24. The molecule has 8 nitrogen and oxygen atoms in total. The predicted molar refractivity (Wildman–Crippen MR) is 103 cm³/mol. The van der Waals surface area contributed by atoms with Crippen LogP contribution in [-0.4, -0.2) is 49.2 Å². The minimum absolute atomic E-state index is 0.0260. The lowest BCUT2D eigenvalue weighted by atomic mass is 10.3. The zero-order valence-corrected chi connectivity index (χ0v) is 16.7. The molecule has 0 atom stereocenters. The van der Waals surface area contributed by atoms with Crippen molar-refractivity contribution >= 4 is 33.0 Å². The number of amides is 1. The van der Waals surface area contributed by atoms with Crippen molar-refractivity contribution in [2.45, 2.75) is 6.54 Å². The van der Waals surface area contributed by atoms with Crippen molar-refractivity contribution in [1.82, 2.24) is 15.0 Å². The highest BCUT2D eigenvalue weighted by Crippen LogP contribution is 2.22. The Labute approximate surface area is 165 Å². The summed E-state index contributed by atoms with van der Waals surface area (Å²) in [6.45, 7) is -0.412. The van der Waals surface area contributed by atoms with Gasteiger partial charge in [-0.15, -0.1) is 11.3 Å². The molecule has 2 heterocycles. The Morgan fingerprint density at radius 2 is 1.96 bits per heavy atom. The van der Waals surface area contributed by atoms with Crippen molar-refractivity contribution in [3.8, 4) is 10.7 Å². The Balaban J connectivity index is 1.70. The van der Waals surface area contributed by atoms with Gasteiger partial charge in [-0.25, -0.2) is 12.8 Å². The molecule has 3 rings (SSSR count). The van der Waals surface area contributed by atoms with Crippen LogP contribution in [-0.2, 0) is 21.4 Å². The van der Waals surface area contributed by atoms with Gasteiger partial charge < -0.3 is 9.42 Å². The predicted octanol–water partition coefficient (Wildman–Crippen LogP) is 2.36. The molecule has 0 saturated heterocycles. The maximum absolute atomic E-state index is 13.1. The number of hydrogen-bond acceptors (Lipinski definition) is 7. The molecule has 3 aromatic rings. The first kappa shape index (κ1) is 20.0. The second-order valence-corrected chi connectivity index (χ2v) is 8.84. The van der Waals surface area contributed by atoms with E-state index < -0.39 is 28.3 Å². The van der Waals surface area contributed by atoms with E-state index in [2.05, 4.69) is 10.1 Å². The van der Waals surface area contributed by atoms with E-state index in [1.807, 2.05) is 17.5 Å². The molecule has 28 heavy (non-hydrogen) atoms. The van der Waals surface area contributed by atoms with Gasteiger partial charge in [0.2, 0.25) is 27.6 Å². The third-order valence-corrected chi connectivity index (χ3v) is 5.81. The van der Waals surface area contributed by atoms with E-state index in [9.17, 15) is 17.6 Å². The molecule has 0 spiro atoms. The summed E-state index contributed by atoms with van der Waals surface area (Å²) in [5.74, 6) is -0.328. The summed E-state index contributed by atoms with van der Waals surface area (Å²) in [5, 5.41) is 5.76. The minimum Gasteiger partial charge on any atom is -0.337 e. The summed E-state index contributed by atoms with van der Waals surface area (Å²) >= 11 is 1.46. The topological polar surface area (TPSA) is 96.6 Å². The number of anilines is 1. The number of hydrogen-bond donors (Lipinski definition) is 0. The molecular weight excluding hydrogens is 407 g/mol. The Hall–Kier alpha value is -2.79. The van der Waals surface area contributed by atoms with Crippen molar-refractivity contribution in [2.75, 3.05) is 24.2 Å². The summed E-state index contributed by atoms with van der Waals surface area (Å²) in [6, 6.07) is 8.57. The zero-order valence-electron chi connectivity index (χ0n) is 15.1. The number of carbonyl (C=O) groups excluding carboxylic acids is 1. The molecule has 0 radical (unpaired) electrons. The lowest BCUT2D eigenvalue weighted by molar-refractivity contribution is -0.129. The number of aromatic nitrogens is 2. The fraction of sp³-hybridized carbons (Fsp3) is 0.235. The van der Waals surface area contributed by atoms with Crippen LogP contribution in [0.15, 0.2) is 46.3 Å². The van der Waals surface area contributed by atoms with Gasteiger partial charge in [0, 0.05) is 7.05 Å². The van der Waals surface area contributed by atoms with Gasteiger partial charge in [0.05, 0.1) is 23.4 Å². The molecule has 0 fully saturated rings. The zero-order chi connectivity index (χ0) is 20.3. The maximum Gasteiger partial charge on any atom is 0.246 e. The highest BCUT2D eigenvalue weighted by molar-refractivity contribution is 7.92. The summed E-state index contributed by atoms with van der Waals surface area (Å²) in [6.07, 6.45) is 0.981. The van der Waals surface area contributed by atoms with E-state index in [1.54, 1.807) is 0 Å². The second kappa shape index (κ2) is 8.07. The van der Waals surface area contributed by atoms with E-state index in [0.717, 1.165) is 27.6 Å². The second-order valence-electron chi connectivity index (χ2n) is 5.98. The van der Waals surface area contributed by atoms with Gasteiger partial charge in [0.25, 0.3) is 0 Å². The molecule has 1 aromatic carbocycles. The first-order chi connectivity index (χ1) is 13.2. The normalized spacial score (nSPS) is 11.4. The van der Waals surface area contributed by atoms with Gasteiger partial charge in [0.1, 0.15) is 12.4 Å². The van der Waals surface area contributed by atoms with Crippen LogP contribution in [0.2, 0.25) is 0 Å². The number of thiophene rings is 1. The van der Waals surface area contributed by atoms with Gasteiger partial charge in [-0.2, -0.15) is 4.98 Å².